The highest BCUT2D eigenvalue weighted by Gasteiger charge is 2.13. The first-order chi connectivity index (χ1) is 6.29. The molecule has 3 nitrogen and oxygen atoms in total. The van der Waals surface area contributed by atoms with E-state index in [9.17, 15) is 0 Å². The Balaban J connectivity index is 1.92. The molecule has 78 valence electrons. The van der Waals surface area contributed by atoms with Crippen molar-refractivity contribution < 1.29 is 14.6 Å². The molecule has 1 aliphatic carbocycles. The number of rotatable bonds is 5. The molecule has 0 aromatic carbocycles. The van der Waals surface area contributed by atoms with Gasteiger partial charge in [0.15, 0.2) is 6.29 Å². The molecule has 1 unspecified atom stereocenters. The molecule has 0 bridgehead atoms. The van der Waals surface area contributed by atoms with E-state index in [1.807, 2.05) is 0 Å². The molecule has 1 rings (SSSR count). The van der Waals surface area contributed by atoms with Crippen LogP contribution in [0.5, 0.6) is 0 Å². The summed E-state index contributed by atoms with van der Waals surface area (Å²) < 4.78 is 10.6. The van der Waals surface area contributed by atoms with Crippen LogP contribution in [0.2, 0.25) is 0 Å². The predicted octanol–water partition coefficient (Wildman–Crippen LogP) is 1.69. The fourth-order valence-corrected chi connectivity index (χ4v) is 1.67. The molecule has 1 saturated carbocycles. The SMILES string of the molecule is CC(O)OCCOC1CCCCC1. The van der Waals surface area contributed by atoms with Gasteiger partial charge in [0, 0.05) is 0 Å². The van der Waals surface area contributed by atoms with Crippen LogP contribution in [0.15, 0.2) is 0 Å². The van der Waals surface area contributed by atoms with Crippen molar-refractivity contribution in [1.29, 1.82) is 0 Å². The molecule has 0 aromatic heterocycles. The minimum atomic E-state index is -0.671. The lowest BCUT2D eigenvalue weighted by molar-refractivity contribution is -0.108. The van der Waals surface area contributed by atoms with Gasteiger partial charge in [0.25, 0.3) is 0 Å². The van der Waals surface area contributed by atoms with Gasteiger partial charge < -0.3 is 14.6 Å². The summed E-state index contributed by atoms with van der Waals surface area (Å²) in [7, 11) is 0. The van der Waals surface area contributed by atoms with Crippen molar-refractivity contribution >= 4 is 0 Å². The molecule has 0 heterocycles. The minimum Gasteiger partial charge on any atom is -0.376 e. The van der Waals surface area contributed by atoms with E-state index in [2.05, 4.69) is 0 Å². The second kappa shape index (κ2) is 6.35. The molecule has 1 aliphatic rings. The van der Waals surface area contributed by atoms with Gasteiger partial charge in [-0.3, -0.25) is 0 Å². The third-order valence-electron chi connectivity index (χ3n) is 2.35. The van der Waals surface area contributed by atoms with Gasteiger partial charge in [-0.05, 0) is 19.8 Å². The van der Waals surface area contributed by atoms with Gasteiger partial charge in [-0.1, -0.05) is 19.3 Å². The summed E-state index contributed by atoms with van der Waals surface area (Å²) in [6, 6.07) is 0. The average molecular weight is 188 g/mol. The Morgan fingerprint density at radius 3 is 2.54 bits per heavy atom. The van der Waals surface area contributed by atoms with Gasteiger partial charge in [-0.2, -0.15) is 0 Å². The van der Waals surface area contributed by atoms with E-state index >= 15 is 0 Å². The molecule has 0 saturated heterocycles. The highest BCUT2D eigenvalue weighted by atomic mass is 16.6. The second-order valence-electron chi connectivity index (χ2n) is 3.60. The Labute approximate surface area is 80.0 Å². The zero-order valence-corrected chi connectivity index (χ0v) is 8.37. The quantitative estimate of drug-likeness (QED) is 0.527. The van der Waals surface area contributed by atoms with Crippen molar-refractivity contribution in [2.45, 2.75) is 51.4 Å². The number of aliphatic hydroxyl groups is 1. The maximum atomic E-state index is 8.81. The summed E-state index contributed by atoms with van der Waals surface area (Å²) in [5.41, 5.74) is 0. The lowest BCUT2D eigenvalue weighted by Gasteiger charge is -2.22. The smallest absolute Gasteiger partial charge is 0.151 e. The van der Waals surface area contributed by atoms with Crippen LogP contribution in [0, 0.1) is 0 Å². The summed E-state index contributed by atoms with van der Waals surface area (Å²) in [6.45, 7) is 2.71. The Hall–Kier alpha value is -0.120. The van der Waals surface area contributed by atoms with Gasteiger partial charge in [0.2, 0.25) is 0 Å². The Bertz CT molecular complexity index is 119. The topological polar surface area (TPSA) is 38.7 Å². The van der Waals surface area contributed by atoms with Crippen LogP contribution in [0.3, 0.4) is 0 Å². The van der Waals surface area contributed by atoms with Crippen molar-refractivity contribution in [2.24, 2.45) is 0 Å². The third-order valence-corrected chi connectivity index (χ3v) is 2.35. The van der Waals surface area contributed by atoms with Gasteiger partial charge in [-0.15, -0.1) is 0 Å². The second-order valence-corrected chi connectivity index (χ2v) is 3.60. The summed E-state index contributed by atoms with van der Waals surface area (Å²) in [5.74, 6) is 0. The first kappa shape index (κ1) is 11.0. The minimum absolute atomic E-state index is 0.436. The van der Waals surface area contributed by atoms with Crippen LogP contribution in [-0.4, -0.2) is 30.7 Å². The molecule has 0 radical (unpaired) electrons. The predicted molar refractivity (Wildman–Crippen MR) is 50.5 cm³/mol. The molecule has 0 aromatic rings. The van der Waals surface area contributed by atoms with Crippen molar-refractivity contribution in [2.75, 3.05) is 13.2 Å². The van der Waals surface area contributed by atoms with Gasteiger partial charge in [0.05, 0.1) is 19.3 Å². The first-order valence-electron chi connectivity index (χ1n) is 5.20. The standard InChI is InChI=1S/C10H20O3/c1-9(11)12-7-8-13-10-5-3-2-4-6-10/h9-11H,2-8H2,1H3. The van der Waals surface area contributed by atoms with Crippen molar-refractivity contribution in [3.63, 3.8) is 0 Å². The summed E-state index contributed by atoms with van der Waals surface area (Å²) >= 11 is 0. The maximum absolute atomic E-state index is 8.81. The molecule has 1 N–H and O–H groups in total. The Morgan fingerprint density at radius 2 is 1.92 bits per heavy atom. The highest BCUT2D eigenvalue weighted by Crippen LogP contribution is 2.19. The normalized spacial score (nSPS) is 21.7. The lowest BCUT2D eigenvalue weighted by atomic mass is 9.98. The number of hydrogen-bond acceptors (Lipinski definition) is 3. The van der Waals surface area contributed by atoms with Gasteiger partial charge in [0.1, 0.15) is 0 Å². The lowest BCUT2D eigenvalue weighted by Crippen LogP contribution is -2.20. The van der Waals surface area contributed by atoms with E-state index < -0.39 is 6.29 Å². The molecule has 0 spiro atoms. The zero-order chi connectivity index (χ0) is 9.52. The fraction of sp³-hybridized carbons (Fsp3) is 1.00. The monoisotopic (exact) mass is 188 g/mol. The average Bonchev–Trinajstić information content (AvgIpc) is 2.14. The largest absolute Gasteiger partial charge is 0.376 e. The Morgan fingerprint density at radius 1 is 1.23 bits per heavy atom. The third kappa shape index (κ3) is 5.24. The van der Waals surface area contributed by atoms with Crippen LogP contribution in [0.4, 0.5) is 0 Å². The van der Waals surface area contributed by atoms with E-state index in [-0.39, 0.29) is 0 Å². The van der Waals surface area contributed by atoms with Crippen molar-refractivity contribution in [1.82, 2.24) is 0 Å². The maximum Gasteiger partial charge on any atom is 0.151 e. The van der Waals surface area contributed by atoms with E-state index in [1.54, 1.807) is 6.92 Å². The fourth-order valence-electron chi connectivity index (χ4n) is 1.67. The van der Waals surface area contributed by atoms with Crippen LogP contribution in [0.25, 0.3) is 0 Å². The van der Waals surface area contributed by atoms with Crippen LogP contribution in [-0.2, 0) is 9.47 Å². The van der Waals surface area contributed by atoms with Crippen LogP contribution >= 0.6 is 0 Å². The number of aliphatic hydroxyl groups excluding tert-OH is 1. The molecule has 0 aliphatic heterocycles. The summed E-state index contributed by atoms with van der Waals surface area (Å²) in [6.07, 6.45) is 6.08. The van der Waals surface area contributed by atoms with Crippen molar-refractivity contribution in [3.05, 3.63) is 0 Å². The summed E-state index contributed by atoms with van der Waals surface area (Å²) in [4.78, 5) is 0. The van der Waals surface area contributed by atoms with Gasteiger partial charge >= 0.3 is 0 Å². The van der Waals surface area contributed by atoms with E-state index in [4.69, 9.17) is 14.6 Å². The van der Waals surface area contributed by atoms with Crippen LogP contribution in [0.1, 0.15) is 39.0 Å². The van der Waals surface area contributed by atoms with E-state index in [0.717, 1.165) is 0 Å². The number of ether oxygens (including phenoxy) is 2. The molecule has 13 heavy (non-hydrogen) atoms. The van der Waals surface area contributed by atoms with E-state index in [0.29, 0.717) is 19.3 Å². The van der Waals surface area contributed by atoms with E-state index in [1.165, 1.54) is 32.1 Å². The molecule has 3 heteroatoms. The van der Waals surface area contributed by atoms with Crippen LogP contribution < -0.4 is 0 Å². The van der Waals surface area contributed by atoms with Crippen molar-refractivity contribution in [3.8, 4) is 0 Å². The molecular weight excluding hydrogens is 168 g/mol. The molecular formula is C10H20O3. The summed E-state index contributed by atoms with van der Waals surface area (Å²) in [5, 5.41) is 8.81. The zero-order valence-electron chi connectivity index (χ0n) is 8.37. The number of hydrogen-bond donors (Lipinski definition) is 1. The molecule has 1 atom stereocenters. The highest BCUT2D eigenvalue weighted by molar-refractivity contribution is 4.64. The van der Waals surface area contributed by atoms with Gasteiger partial charge in [-0.25, -0.2) is 0 Å². The first-order valence-corrected chi connectivity index (χ1v) is 5.20. The Kier molecular flexibility index (Phi) is 5.35. The molecule has 1 fully saturated rings. The molecule has 0 amide bonds.